The standard InChI is InChI=1S/C19H21N3O/c1-12-10-15-16(11-14(12)19(2,3)4)21-18(20-15)22-17(23)13-8-6-5-7-9-13/h5-11H,1-4H3,(H2,20,21,22,23). The van der Waals surface area contributed by atoms with E-state index in [1.165, 1.54) is 11.1 Å². The van der Waals surface area contributed by atoms with Gasteiger partial charge in [-0.1, -0.05) is 39.0 Å². The summed E-state index contributed by atoms with van der Waals surface area (Å²) < 4.78 is 0. The summed E-state index contributed by atoms with van der Waals surface area (Å²) in [6.45, 7) is 8.66. The molecular weight excluding hydrogens is 286 g/mol. The number of nitrogens with one attached hydrogen (secondary N) is 2. The summed E-state index contributed by atoms with van der Waals surface area (Å²) in [5, 5.41) is 2.82. The smallest absolute Gasteiger partial charge is 0.257 e. The Bertz CT molecular complexity index is 857. The van der Waals surface area contributed by atoms with Crippen molar-refractivity contribution < 1.29 is 4.79 Å². The van der Waals surface area contributed by atoms with Gasteiger partial charge in [-0.3, -0.25) is 10.1 Å². The number of aromatic nitrogens is 2. The zero-order valence-corrected chi connectivity index (χ0v) is 13.9. The van der Waals surface area contributed by atoms with Gasteiger partial charge in [-0.15, -0.1) is 0 Å². The van der Waals surface area contributed by atoms with Crippen molar-refractivity contribution in [3.63, 3.8) is 0 Å². The molecule has 1 aromatic heterocycles. The Morgan fingerprint density at radius 2 is 1.83 bits per heavy atom. The summed E-state index contributed by atoms with van der Waals surface area (Å²) in [6.07, 6.45) is 0. The van der Waals surface area contributed by atoms with Crippen LogP contribution >= 0.6 is 0 Å². The molecule has 4 nitrogen and oxygen atoms in total. The molecule has 0 saturated heterocycles. The maximum absolute atomic E-state index is 12.2. The summed E-state index contributed by atoms with van der Waals surface area (Å²) in [7, 11) is 0. The fourth-order valence-corrected chi connectivity index (χ4v) is 2.80. The van der Waals surface area contributed by atoms with Crippen LogP contribution in [-0.4, -0.2) is 15.9 Å². The Morgan fingerprint density at radius 3 is 2.48 bits per heavy atom. The largest absolute Gasteiger partial charge is 0.324 e. The van der Waals surface area contributed by atoms with Gasteiger partial charge in [0.1, 0.15) is 0 Å². The van der Waals surface area contributed by atoms with Crippen LogP contribution in [0.3, 0.4) is 0 Å². The van der Waals surface area contributed by atoms with E-state index in [0.29, 0.717) is 11.5 Å². The lowest BCUT2D eigenvalue weighted by Gasteiger charge is -2.21. The molecule has 1 amide bonds. The minimum atomic E-state index is -0.169. The Balaban J connectivity index is 1.93. The lowest BCUT2D eigenvalue weighted by Crippen LogP contribution is -2.13. The van der Waals surface area contributed by atoms with Gasteiger partial charge in [-0.2, -0.15) is 0 Å². The number of carbonyl (C=O) groups excluding carboxylic acids is 1. The molecule has 4 heteroatoms. The van der Waals surface area contributed by atoms with Crippen molar-refractivity contribution in [2.75, 3.05) is 5.32 Å². The fourth-order valence-electron chi connectivity index (χ4n) is 2.80. The van der Waals surface area contributed by atoms with Gasteiger partial charge in [-0.25, -0.2) is 4.98 Å². The summed E-state index contributed by atoms with van der Waals surface area (Å²) in [4.78, 5) is 19.9. The number of nitrogens with zero attached hydrogens (tertiary/aromatic N) is 1. The number of amides is 1. The highest BCUT2D eigenvalue weighted by Gasteiger charge is 2.18. The summed E-state index contributed by atoms with van der Waals surface area (Å²) in [6, 6.07) is 13.3. The molecule has 0 bridgehead atoms. The molecule has 0 fully saturated rings. The van der Waals surface area contributed by atoms with Crippen LogP contribution < -0.4 is 5.32 Å². The van der Waals surface area contributed by atoms with E-state index in [1.807, 2.05) is 18.2 Å². The van der Waals surface area contributed by atoms with Crippen LogP contribution in [0, 0.1) is 6.92 Å². The van der Waals surface area contributed by atoms with Crippen molar-refractivity contribution in [1.82, 2.24) is 9.97 Å². The van der Waals surface area contributed by atoms with E-state index in [-0.39, 0.29) is 11.3 Å². The highest BCUT2D eigenvalue weighted by atomic mass is 16.1. The first-order valence-electron chi connectivity index (χ1n) is 7.72. The van der Waals surface area contributed by atoms with Crippen LogP contribution in [0.4, 0.5) is 5.95 Å². The van der Waals surface area contributed by atoms with Crippen molar-refractivity contribution in [2.24, 2.45) is 0 Å². The van der Waals surface area contributed by atoms with E-state index < -0.39 is 0 Å². The van der Waals surface area contributed by atoms with Crippen LogP contribution in [0.2, 0.25) is 0 Å². The zero-order valence-electron chi connectivity index (χ0n) is 13.9. The van der Waals surface area contributed by atoms with Crippen LogP contribution in [0.5, 0.6) is 0 Å². The quantitative estimate of drug-likeness (QED) is 0.736. The van der Waals surface area contributed by atoms with Gasteiger partial charge in [0, 0.05) is 5.56 Å². The fraction of sp³-hybridized carbons (Fsp3) is 0.263. The van der Waals surface area contributed by atoms with Gasteiger partial charge in [0.2, 0.25) is 5.95 Å². The first-order valence-corrected chi connectivity index (χ1v) is 7.72. The minimum Gasteiger partial charge on any atom is -0.324 e. The van der Waals surface area contributed by atoms with E-state index in [0.717, 1.165) is 11.0 Å². The number of rotatable bonds is 2. The molecule has 23 heavy (non-hydrogen) atoms. The van der Waals surface area contributed by atoms with E-state index in [4.69, 9.17) is 0 Å². The lowest BCUT2D eigenvalue weighted by molar-refractivity contribution is 0.102. The van der Waals surface area contributed by atoms with Gasteiger partial charge in [0.25, 0.3) is 5.91 Å². The minimum absolute atomic E-state index is 0.0602. The number of aromatic amines is 1. The van der Waals surface area contributed by atoms with E-state index in [9.17, 15) is 4.79 Å². The Hall–Kier alpha value is -2.62. The van der Waals surface area contributed by atoms with Crippen LogP contribution in [0.25, 0.3) is 11.0 Å². The number of anilines is 1. The average Bonchev–Trinajstić information content (AvgIpc) is 2.87. The molecule has 0 unspecified atom stereocenters. The number of hydrogen-bond donors (Lipinski definition) is 2. The number of aryl methyl sites for hydroxylation is 1. The second-order valence-electron chi connectivity index (χ2n) is 6.84. The molecule has 3 aromatic rings. The third kappa shape index (κ3) is 3.11. The number of benzene rings is 2. The molecule has 118 valence electrons. The summed E-state index contributed by atoms with van der Waals surface area (Å²) >= 11 is 0. The maximum Gasteiger partial charge on any atom is 0.257 e. The van der Waals surface area contributed by atoms with Crippen molar-refractivity contribution in [2.45, 2.75) is 33.1 Å². The van der Waals surface area contributed by atoms with Gasteiger partial charge in [0.15, 0.2) is 0 Å². The second-order valence-corrected chi connectivity index (χ2v) is 6.84. The second kappa shape index (κ2) is 5.54. The Morgan fingerprint density at radius 1 is 1.13 bits per heavy atom. The molecule has 0 aliphatic carbocycles. The third-order valence-corrected chi connectivity index (χ3v) is 3.90. The molecule has 0 aliphatic heterocycles. The van der Waals surface area contributed by atoms with Gasteiger partial charge in [-0.05, 0) is 47.7 Å². The van der Waals surface area contributed by atoms with Crippen LogP contribution in [-0.2, 0) is 5.41 Å². The molecule has 0 radical (unpaired) electrons. The molecule has 2 N–H and O–H groups in total. The number of carbonyl (C=O) groups is 1. The van der Waals surface area contributed by atoms with Crippen molar-refractivity contribution in [1.29, 1.82) is 0 Å². The summed E-state index contributed by atoms with van der Waals surface area (Å²) in [5.74, 6) is 0.303. The number of imidazole rings is 1. The average molecular weight is 307 g/mol. The molecule has 2 aromatic carbocycles. The topological polar surface area (TPSA) is 57.8 Å². The number of hydrogen-bond acceptors (Lipinski definition) is 2. The molecule has 0 atom stereocenters. The highest BCUT2D eigenvalue weighted by Crippen LogP contribution is 2.29. The first kappa shape index (κ1) is 15.3. The van der Waals surface area contributed by atoms with Gasteiger partial charge >= 0.3 is 0 Å². The molecule has 0 aliphatic rings. The van der Waals surface area contributed by atoms with Crippen molar-refractivity contribution in [3.05, 3.63) is 59.2 Å². The Kier molecular flexibility index (Phi) is 3.68. The monoisotopic (exact) mass is 307 g/mol. The van der Waals surface area contributed by atoms with E-state index in [2.05, 4.69) is 55.1 Å². The third-order valence-electron chi connectivity index (χ3n) is 3.90. The van der Waals surface area contributed by atoms with Crippen molar-refractivity contribution in [3.8, 4) is 0 Å². The van der Waals surface area contributed by atoms with E-state index >= 15 is 0 Å². The van der Waals surface area contributed by atoms with Crippen LogP contribution in [0.15, 0.2) is 42.5 Å². The number of H-pyrrole nitrogens is 1. The zero-order chi connectivity index (χ0) is 16.6. The van der Waals surface area contributed by atoms with Gasteiger partial charge in [0.05, 0.1) is 11.0 Å². The molecule has 1 heterocycles. The summed E-state index contributed by atoms with van der Waals surface area (Å²) in [5.41, 5.74) is 4.94. The van der Waals surface area contributed by atoms with E-state index in [1.54, 1.807) is 12.1 Å². The molecule has 3 rings (SSSR count). The lowest BCUT2D eigenvalue weighted by atomic mass is 9.84. The predicted molar refractivity (Wildman–Crippen MR) is 93.9 cm³/mol. The SMILES string of the molecule is Cc1cc2[nH]c(NC(=O)c3ccccc3)nc2cc1C(C)(C)C. The molecular formula is C19H21N3O. The predicted octanol–water partition coefficient (Wildman–Crippen LogP) is 4.42. The van der Waals surface area contributed by atoms with Gasteiger partial charge < -0.3 is 4.98 Å². The molecule has 0 saturated carbocycles. The number of fused-ring (bicyclic) bond motifs is 1. The van der Waals surface area contributed by atoms with Crippen LogP contribution in [0.1, 0.15) is 42.3 Å². The molecule has 0 spiro atoms. The normalized spacial score (nSPS) is 11.7. The first-order chi connectivity index (χ1) is 10.8. The van der Waals surface area contributed by atoms with Crippen molar-refractivity contribution >= 4 is 22.9 Å². The maximum atomic E-state index is 12.2. The highest BCUT2D eigenvalue weighted by molar-refractivity contribution is 6.03. The Labute approximate surface area is 136 Å².